The van der Waals surface area contributed by atoms with E-state index in [-0.39, 0.29) is 5.25 Å². The van der Waals surface area contributed by atoms with Crippen LogP contribution in [0.2, 0.25) is 0 Å². The van der Waals surface area contributed by atoms with Crippen molar-refractivity contribution >= 4 is 21.4 Å². The third-order valence-corrected chi connectivity index (χ3v) is 5.62. The highest BCUT2D eigenvalue weighted by Crippen LogP contribution is 2.25. The zero-order valence-electron chi connectivity index (χ0n) is 11.0. The number of amides is 1. The van der Waals surface area contributed by atoms with Gasteiger partial charge in [-0.05, 0) is 25.0 Å². The van der Waals surface area contributed by atoms with Crippen molar-refractivity contribution in [2.45, 2.75) is 30.9 Å². The molecule has 1 aliphatic carbocycles. The predicted molar refractivity (Wildman–Crippen MR) is 75.8 cm³/mol. The number of nitriles is 1. The molecule has 106 valence electrons. The Morgan fingerprint density at radius 3 is 2.60 bits per heavy atom. The van der Waals surface area contributed by atoms with Crippen LogP contribution in [0.5, 0.6) is 0 Å². The monoisotopic (exact) mass is 292 g/mol. The largest absolute Gasteiger partial charge is 0.324 e. The maximum absolute atomic E-state index is 12.1. The summed E-state index contributed by atoms with van der Waals surface area (Å²) < 4.78 is 24.1. The minimum absolute atomic E-state index is 0.319. The van der Waals surface area contributed by atoms with Crippen molar-refractivity contribution in [1.29, 1.82) is 5.26 Å². The summed E-state index contributed by atoms with van der Waals surface area (Å²) in [6.45, 7) is 0. The molecule has 20 heavy (non-hydrogen) atoms. The second kappa shape index (κ2) is 6.06. The Labute approximate surface area is 118 Å². The number of para-hydroxylation sites is 1. The minimum atomic E-state index is -3.39. The molecular formula is C14H16N2O3S. The molecule has 0 radical (unpaired) electrons. The summed E-state index contributed by atoms with van der Waals surface area (Å²) >= 11 is 0. The topological polar surface area (TPSA) is 87.0 Å². The van der Waals surface area contributed by atoms with E-state index in [4.69, 9.17) is 5.26 Å². The molecule has 0 spiro atoms. The summed E-state index contributed by atoms with van der Waals surface area (Å²) in [5.74, 6) is -1.10. The Hall–Kier alpha value is -1.87. The van der Waals surface area contributed by atoms with Crippen molar-refractivity contribution in [2.24, 2.45) is 0 Å². The number of carbonyl (C=O) groups is 1. The minimum Gasteiger partial charge on any atom is -0.324 e. The smallest absolute Gasteiger partial charge is 0.239 e. The average molecular weight is 292 g/mol. The summed E-state index contributed by atoms with van der Waals surface area (Å²) in [5, 5.41) is 11.0. The fourth-order valence-corrected chi connectivity index (χ4v) is 4.15. The number of sulfone groups is 1. The summed E-state index contributed by atoms with van der Waals surface area (Å²) in [6, 6.07) is 8.47. The van der Waals surface area contributed by atoms with Crippen LogP contribution in [0.3, 0.4) is 0 Å². The first-order valence-corrected chi connectivity index (χ1v) is 8.25. The van der Waals surface area contributed by atoms with Crippen LogP contribution >= 0.6 is 0 Å². The van der Waals surface area contributed by atoms with Crippen molar-refractivity contribution < 1.29 is 13.2 Å². The molecule has 0 aromatic heterocycles. The van der Waals surface area contributed by atoms with E-state index in [2.05, 4.69) is 5.32 Å². The predicted octanol–water partition coefficient (Wildman–Crippen LogP) is 1.85. The van der Waals surface area contributed by atoms with Gasteiger partial charge in [0.15, 0.2) is 9.84 Å². The van der Waals surface area contributed by atoms with Crippen molar-refractivity contribution in [3.05, 3.63) is 29.8 Å². The normalized spacial score (nSPS) is 15.8. The van der Waals surface area contributed by atoms with Crippen molar-refractivity contribution in [2.75, 3.05) is 11.1 Å². The van der Waals surface area contributed by atoms with Crippen LogP contribution in [-0.4, -0.2) is 25.3 Å². The number of carbonyl (C=O) groups excluding carboxylic acids is 1. The molecule has 1 aromatic carbocycles. The lowest BCUT2D eigenvalue weighted by Crippen LogP contribution is -2.29. The van der Waals surface area contributed by atoms with Crippen molar-refractivity contribution in [3.63, 3.8) is 0 Å². The van der Waals surface area contributed by atoms with Gasteiger partial charge in [-0.3, -0.25) is 4.79 Å². The maximum Gasteiger partial charge on any atom is 0.239 e. The highest BCUT2D eigenvalue weighted by molar-refractivity contribution is 7.92. The fourth-order valence-electron chi connectivity index (χ4n) is 2.42. The molecule has 0 heterocycles. The van der Waals surface area contributed by atoms with E-state index in [9.17, 15) is 13.2 Å². The Morgan fingerprint density at radius 2 is 1.95 bits per heavy atom. The van der Waals surface area contributed by atoms with E-state index < -0.39 is 21.5 Å². The van der Waals surface area contributed by atoms with E-state index >= 15 is 0 Å². The quantitative estimate of drug-likeness (QED) is 0.917. The van der Waals surface area contributed by atoms with Gasteiger partial charge < -0.3 is 5.32 Å². The molecule has 1 saturated carbocycles. The van der Waals surface area contributed by atoms with Crippen LogP contribution in [0.4, 0.5) is 5.69 Å². The number of hydrogen-bond acceptors (Lipinski definition) is 4. The lowest BCUT2D eigenvalue weighted by atomic mass is 10.2. The van der Waals surface area contributed by atoms with Gasteiger partial charge in [-0.15, -0.1) is 0 Å². The zero-order chi connectivity index (χ0) is 14.6. The summed E-state index contributed by atoms with van der Waals surface area (Å²) in [6.07, 6.45) is 3.10. The Kier molecular flexibility index (Phi) is 4.40. The van der Waals surface area contributed by atoms with Gasteiger partial charge in [0.2, 0.25) is 5.91 Å². The molecule has 0 saturated heterocycles. The van der Waals surface area contributed by atoms with Crippen LogP contribution in [-0.2, 0) is 14.6 Å². The van der Waals surface area contributed by atoms with Gasteiger partial charge in [0.1, 0.15) is 11.8 Å². The molecule has 1 aromatic rings. The first-order chi connectivity index (χ1) is 9.53. The van der Waals surface area contributed by atoms with Gasteiger partial charge in [-0.1, -0.05) is 25.0 Å². The van der Waals surface area contributed by atoms with Crippen LogP contribution < -0.4 is 5.32 Å². The lowest BCUT2D eigenvalue weighted by molar-refractivity contribution is -0.113. The lowest BCUT2D eigenvalue weighted by Gasteiger charge is -2.11. The fraction of sp³-hybridized carbons (Fsp3) is 0.429. The van der Waals surface area contributed by atoms with Gasteiger partial charge >= 0.3 is 0 Å². The zero-order valence-corrected chi connectivity index (χ0v) is 11.8. The molecule has 0 bridgehead atoms. The second-order valence-corrected chi connectivity index (χ2v) is 7.20. The summed E-state index contributed by atoms with van der Waals surface area (Å²) in [5.41, 5.74) is 0.667. The van der Waals surface area contributed by atoms with Crippen molar-refractivity contribution in [3.8, 4) is 6.07 Å². The third kappa shape index (κ3) is 3.36. The number of hydrogen-bond donors (Lipinski definition) is 1. The van der Waals surface area contributed by atoms with Gasteiger partial charge in [0.25, 0.3) is 0 Å². The summed E-state index contributed by atoms with van der Waals surface area (Å²) in [4.78, 5) is 11.9. The van der Waals surface area contributed by atoms with E-state index in [1.165, 1.54) is 0 Å². The molecule has 5 nitrogen and oxygen atoms in total. The highest BCUT2D eigenvalue weighted by Gasteiger charge is 2.30. The molecule has 1 fully saturated rings. The van der Waals surface area contributed by atoms with Crippen LogP contribution in [0.1, 0.15) is 31.2 Å². The van der Waals surface area contributed by atoms with Crippen molar-refractivity contribution in [1.82, 2.24) is 0 Å². The SMILES string of the molecule is N#Cc1ccccc1NC(=O)CS(=O)(=O)C1CCCC1. The van der Waals surface area contributed by atoms with E-state index in [1.54, 1.807) is 24.3 Å². The van der Waals surface area contributed by atoms with Gasteiger partial charge in [0.05, 0.1) is 16.5 Å². The molecule has 0 atom stereocenters. The molecule has 0 unspecified atom stereocenters. The number of rotatable bonds is 4. The Balaban J connectivity index is 2.04. The van der Waals surface area contributed by atoms with E-state index in [0.29, 0.717) is 24.1 Å². The standard InChI is InChI=1S/C14H16N2O3S/c15-9-11-5-1-4-8-13(11)16-14(17)10-20(18,19)12-6-2-3-7-12/h1,4-5,8,12H,2-3,6-7,10H2,(H,16,17). The molecule has 6 heteroatoms. The molecule has 2 rings (SSSR count). The van der Waals surface area contributed by atoms with Gasteiger partial charge in [0, 0.05) is 0 Å². The van der Waals surface area contributed by atoms with Crippen LogP contribution in [0.15, 0.2) is 24.3 Å². The number of benzene rings is 1. The van der Waals surface area contributed by atoms with Crippen LogP contribution in [0.25, 0.3) is 0 Å². The average Bonchev–Trinajstić information content (AvgIpc) is 2.93. The molecule has 1 aliphatic rings. The summed E-state index contributed by atoms with van der Waals surface area (Å²) in [7, 11) is -3.39. The van der Waals surface area contributed by atoms with E-state index in [0.717, 1.165) is 12.8 Å². The number of nitrogens with zero attached hydrogens (tertiary/aromatic N) is 1. The van der Waals surface area contributed by atoms with Gasteiger partial charge in [-0.2, -0.15) is 5.26 Å². The first kappa shape index (κ1) is 14.5. The second-order valence-electron chi connectivity index (χ2n) is 4.92. The molecule has 0 aliphatic heterocycles. The number of nitrogens with one attached hydrogen (secondary N) is 1. The molecule has 1 N–H and O–H groups in total. The van der Waals surface area contributed by atoms with Gasteiger partial charge in [-0.25, -0.2) is 8.42 Å². The number of anilines is 1. The molecular weight excluding hydrogens is 276 g/mol. The Morgan fingerprint density at radius 1 is 1.30 bits per heavy atom. The molecule has 1 amide bonds. The highest BCUT2D eigenvalue weighted by atomic mass is 32.2. The third-order valence-electron chi connectivity index (χ3n) is 3.46. The maximum atomic E-state index is 12.1. The Bertz CT molecular complexity index is 641. The van der Waals surface area contributed by atoms with E-state index in [1.807, 2.05) is 6.07 Å². The first-order valence-electron chi connectivity index (χ1n) is 6.53. The van der Waals surface area contributed by atoms with Crippen LogP contribution in [0, 0.1) is 11.3 Å².